The molecule has 0 saturated heterocycles. The Kier molecular flexibility index (Phi) is 3.36. The average molecular weight is 318 g/mol. The number of benzene rings is 1. The van der Waals surface area contributed by atoms with Crippen LogP contribution in [-0.4, -0.2) is 15.9 Å². The predicted molar refractivity (Wildman–Crippen MR) is 88.4 cm³/mol. The van der Waals surface area contributed by atoms with Crippen LogP contribution in [0.2, 0.25) is 0 Å². The molecule has 4 rings (SSSR count). The van der Waals surface area contributed by atoms with E-state index >= 15 is 0 Å². The van der Waals surface area contributed by atoms with Crippen LogP contribution in [0.25, 0.3) is 4.96 Å². The monoisotopic (exact) mass is 317 g/mol. The van der Waals surface area contributed by atoms with Crippen molar-refractivity contribution < 1.29 is 0 Å². The molecule has 0 spiro atoms. The summed E-state index contributed by atoms with van der Waals surface area (Å²) in [5.41, 5.74) is 3.98. The van der Waals surface area contributed by atoms with Gasteiger partial charge < -0.3 is 4.90 Å². The molecule has 1 aliphatic heterocycles. The van der Waals surface area contributed by atoms with Crippen LogP contribution in [0, 0.1) is 0 Å². The molecule has 0 aliphatic carbocycles. The third-order valence-corrected chi connectivity index (χ3v) is 5.13. The number of rotatable bonds is 2. The highest BCUT2D eigenvalue weighted by molar-refractivity contribution is 7.15. The maximum Gasteiger partial charge on any atom is 0.195 e. The summed E-state index contributed by atoms with van der Waals surface area (Å²) in [6.07, 6.45) is 4.36. The SMILES string of the molecule is ClCc1c(N2CCCc3ccccc3C2)nc2sccn12. The molecule has 0 unspecified atom stereocenters. The van der Waals surface area contributed by atoms with E-state index < -0.39 is 0 Å². The first kappa shape index (κ1) is 13.2. The lowest BCUT2D eigenvalue weighted by Crippen LogP contribution is -2.24. The van der Waals surface area contributed by atoms with Crippen LogP contribution in [0.4, 0.5) is 5.82 Å². The van der Waals surface area contributed by atoms with Crippen molar-refractivity contribution >= 4 is 33.7 Å². The van der Waals surface area contributed by atoms with Crippen molar-refractivity contribution in [3.8, 4) is 0 Å². The first-order valence-corrected chi connectivity index (χ1v) is 8.60. The van der Waals surface area contributed by atoms with Gasteiger partial charge in [-0.1, -0.05) is 24.3 Å². The first-order chi connectivity index (χ1) is 10.4. The highest BCUT2D eigenvalue weighted by Gasteiger charge is 2.21. The lowest BCUT2D eigenvalue weighted by atomic mass is 10.0. The quantitative estimate of drug-likeness (QED) is 0.664. The molecule has 21 heavy (non-hydrogen) atoms. The third-order valence-electron chi connectivity index (χ3n) is 4.12. The standard InChI is InChI=1S/C16H16ClN3S/c17-10-14-15(18-16-20(14)8-9-21-16)19-7-3-6-12-4-1-2-5-13(12)11-19/h1-2,4-5,8-9H,3,6-7,10-11H2. The van der Waals surface area contributed by atoms with Crippen molar-refractivity contribution in [2.45, 2.75) is 25.3 Å². The molecular weight excluding hydrogens is 302 g/mol. The van der Waals surface area contributed by atoms with Crippen LogP contribution < -0.4 is 4.90 Å². The van der Waals surface area contributed by atoms with Gasteiger partial charge in [0.15, 0.2) is 10.8 Å². The minimum atomic E-state index is 0.491. The molecule has 0 atom stereocenters. The van der Waals surface area contributed by atoms with Gasteiger partial charge in [0.2, 0.25) is 0 Å². The zero-order valence-corrected chi connectivity index (χ0v) is 13.2. The van der Waals surface area contributed by atoms with Gasteiger partial charge in [-0.05, 0) is 24.0 Å². The topological polar surface area (TPSA) is 20.5 Å². The second-order valence-electron chi connectivity index (χ2n) is 5.37. The summed E-state index contributed by atoms with van der Waals surface area (Å²) >= 11 is 7.85. The largest absolute Gasteiger partial charge is 0.351 e. The number of nitrogens with zero attached hydrogens (tertiary/aromatic N) is 3. The number of aryl methyl sites for hydroxylation is 1. The van der Waals surface area contributed by atoms with Crippen molar-refractivity contribution in [1.82, 2.24) is 9.38 Å². The number of halogens is 1. The highest BCUT2D eigenvalue weighted by Crippen LogP contribution is 2.29. The number of fused-ring (bicyclic) bond motifs is 2. The van der Waals surface area contributed by atoms with E-state index in [1.54, 1.807) is 11.3 Å². The number of alkyl halides is 1. The summed E-state index contributed by atoms with van der Waals surface area (Å²) in [6, 6.07) is 8.72. The Hall–Kier alpha value is -1.52. The van der Waals surface area contributed by atoms with E-state index in [0.717, 1.165) is 42.4 Å². The molecule has 1 aromatic carbocycles. The molecule has 3 aromatic rings. The van der Waals surface area contributed by atoms with E-state index in [1.165, 1.54) is 11.1 Å². The second-order valence-corrected chi connectivity index (χ2v) is 6.51. The number of imidazole rings is 1. The van der Waals surface area contributed by atoms with Crippen molar-refractivity contribution in [3.05, 3.63) is 52.7 Å². The number of thiazole rings is 1. The summed E-state index contributed by atoms with van der Waals surface area (Å²) in [5, 5.41) is 2.06. The fourth-order valence-electron chi connectivity index (χ4n) is 3.08. The number of aromatic nitrogens is 2. The van der Waals surface area contributed by atoms with Crippen LogP contribution in [0.3, 0.4) is 0 Å². The second kappa shape index (κ2) is 5.35. The Balaban J connectivity index is 1.76. The van der Waals surface area contributed by atoms with Crippen molar-refractivity contribution in [2.24, 2.45) is 0 Å². The van der Waals surface area contributed by atoms with Crippen LogP contribution in [0.5, 0.6) is 0 Å². The maximum atomic E-state index is 6.19. The Morgan fingerprint density at radius 1 is 1.24 bits per heavy atom. The van der Waals surface area contributed by atoms with E-state index in [0.29, 0.717) is 5.88 Å². The fourth-order valence-corrected chi connectivity index (χ4v) is 4.06. The van der Waals surface area contributed by atoms with Gasteiger partial charge in [-0.2, -0.15) is 0 Å². The molecule has 0 N–H and O–H groups in total. The molecule has 3 heterocycles. The molecule has 2 aromatic heterocycles. The van der Waals surface area contributed by atoms with Gasteiger partial charge >= 0.3 is 0 Å². The van der Waals surface area contributed by atoms with E-state index in [9.17, 15) is 0 Å². The van der Waals surface area contributed by atoms with E-state index in [2.05, 4.69) is 45.1 Å². The Labute approximate surface area is 132 Å². The molecule has 5 heteroatoms. The zero-order chi connectivity index (χ0) is 14.2. The maximum absolute atomic E-state index is 6.19. The van der Waals surface area contributed by atoms with Gasteiger partial charge in [0.1, 0.15) is 0 Å². The minimum Gasteiger partial charge on any atom is -0.351 e. The van der Waals surface area contributed by atoms with Crippen LogP contribution >= 0.6 is 22.9 Å². The number of anilines is 1. The first-order valence-electron chi connectivity index (χ1n) is 7.19. The van der Waals surface area contributed by atoms with Crippen molar-refractivity contribution in [2.75, 3.05) is 11.4 Å². The lowest BCUT2D eigenvalue weighted by molar-refractivity contribution is 0.753. The lowest BCUT2D eigenvalue weighted by Gasteiger charge is -2.21. The summed E-state index contributed by atoms with van der Waals surface area (Å²) in [7, 11) is 0. The van der Waals surface area contributed by atoms with E-state index in [1.807, 2.05) is 0 Å². The van der Waals surface area contributed by atoms with Gasteiger partial charge in [0.05, 0.1) is 11.6 Å². The normalized spacial score (nSPS) is 15.2. The Morgan fingerprint density at radius 3 is 2.95 bits per heavy atom. The minimum absolute atomic E-state index is 0.491. The molecule has 0 bridgehead atoms. The number of hydrogen-bond donors (Lipinski definition) is 0. The van der Waals surface area contributed by atoms with Crippen LogP contribution in [0.1, 0.15) is 23.2 Å². The van der Waals surface area contributed by atoms with Crippen LogP contribution in [0.15, 0.2) is 35.8 Å². The van der Waals surface area contributed by atoms with E-state index in [-0.39, 0.29) is 0 Å². The van der Waals surface area contributed by atoms with Crippen LogP contribution in [-0.2, 0) is 18.8 Å². The highest BCUT2D eigenvalue weighted by atomic mass is 35.5. The van der Waals surface area contributed by atoms with Gasteiger partial charge in [-0.15, -0.1) is 22.9 Å². The molecular formula is C16H16ClN3S. The summed E-state index contributed by atoms with van der Waals surface area (Å²) < 4.78 is 2.11. The third kappa shape index (κ3) is 2.23. The molecule has 108 valence electrons. The van der Waals surface area contributed by atoms with E-state index in [4.69, 9.17) is 16.6 Å². The van der Waals surface area contributed by atoms with Crippen molar-refractivity contribution in [1.29, 1.82) is 0 Å². The smallest absolute Gasteiger partial charge is 0.195 e. The zero-order valence-electron chi connectivity index (χ0n) is 11.6. The molecule has 0 amide bonds. The summed E-state index contributed by atoms with van der Waals surface area (Å²) in [5.74, 6) is 1.54. The predicted octanol–water partition coefficient (Wildman–Crippen LogP) is 4.09. The van der Waals surface area contributed by atoms with Gasteiger partial charge in [-0.25, -0.2) is 4.98 Å². The average Bonchev–Trinajstić information content (AvgIpc) is 3.01. The van der Waals surface area contributed by atoms with Gasteiger partial charge in [-0.3, -0.25) is 4.40 Å². The fraction of sp³-hybridized carbons (Fsp3) is 0.312. The van der Waals surface area contributed by atoms with Crippen molar-refractivity contribution in [3.63, 3.8) is 0 Å². The molecule has 0 radical (unpaired) electrons. The summed E-state index contributed by atoms with van der Waals surface area (Å²) in [4.78, 5) is 8.21. The molecule has 0 saturated carbocycles. The summed E-state index contributed by atoms with van der Waals surface area (Å²) in [6.45, 7) is 1.95. The molecule has 3 nitrogen and oxygen atoms in total. The Morgan fingerprint density at radius 2 is 2.10 bits per heavy atom. The molecule has 1 aliphatic rings. The molecule has 0 fully saturated rings. The van der Waals surface area contributed by atoms with Gasteiger partial charge in [0, 0.05) is 24.7 Å². The van der Waals surface area contributed by atoms with Gasteiger partial charge in [0.25, 0.3) is 0 Å². The Bertz CT molecular complexity index is 777. The number of hydrogen-bond acceptors (Lipinski definition) is 3.